The molecule has 4 N–H and O–H groups in total. The van der Waals surface area contributed by atoms with Gasteiger partial charge in [0.25, 0.3) is 0 Å². The third kappa shape index (κ3) is 3.93. The van der Waals surface area contributed by atoms with Crippen LogP contribution in [0.15, 0.2) is 42.5 Å². The maximum atomic E-state index is 12.2. The van der Waals surface area contributed by atoms with E-state index in [0.29, 0.717) is 24.9 Å². The molecule has 124 valence electrons. The fraction of sp³-hybridized carbons (Fsp3) is 0.263. The van der Waals surface area contributed by atoms with Gasteiger partial charge in [-0.3, -0.25) is 9.59 Å². The van der Waals surface area contributed by atoms with Gasteiger partial charge in [0.1, 0.15) is 0 Å². The van der Waals surface area contributed by atoms with Crippen molar-refractivity contribution in [1.82, 2.24) is 0 Å². The fourth-order valence-electron chi connectivity index (χ4n) is 2.89. The molecule has 0 unspecified atom stereocenters. The Morgan fingerprint density at radius 3 is 2.83 bits per heavy atom. The number of para-hydroxylation sites is 1. The Morgan fingerprint density at radius 1 is 1.17 bits per heavy atom. The molecule has 2 aromatic carbocycles. The maximum Gasteiger partial charge on any atom is 0.224 e. The molecule has 1 aliphatic heterocycles. The van der Waals surface area contributed by atoms with Crippen LogP contribution in [0.25, 0.3) is 0 Å². The largest absolute Gasteiger partial charge is 0.399 e. The molecule has 0 spiro atoms. The van der Waals surface area contributed by atoms with Crippen molar-refractivity contribution in [3.8, 4) is 0 Å². The minimum Gasteiger partial charge on any atom is -0.399 e. The van der Waals surface area contributed by atoms with E-state index in [2.05, 4.69) is 10.6 Å². The Morgan fingerprint density at radius 2 is 2.00 bits per heavy atom. The van der Waals surface area contributed by atoms with Gasteiger partial charge in [0.05, 0.1) is 0 Å². The summed E-state index contributed by atoms with van der Waals surface area (Å²) in [5.41, 5.74) is 10.3. The Kier molecular flexibility index (Phi) is 4.79. The molecule has 2 aromatic rings. The van der Waals surface area contributed by atoms with Gasteiger partial charge in [-0.1, -0.05) is 18.2 Å². The molecule has 0 bridgehead atoms. The average molecular weight is 323 g/mol. The first-order valence-electron chi connectivity index (χ1n) is 8.18. The zero-order chi connectivity index (χ0) is 16.9. The van der Waals surface area contributed by atoms with E-state index in [1.165, 1.54) is 0 Å². The normalized spacial score (nSPS) is 13.6. The molecule has 0 aliphatic carbocycles. The summed E-state index contributed by atoms with van der Waals surface area (Å²) in [6.45, 7) is 0. The van der Waals surface area contributed by atoms with Crippen LogP contribution >= 0.6 is 0 Å². The molecular formula is C19H21N3O2. The van der Waals surface area contributed by atoms with Crippen molar-refractivity contribution in [3.63, 3.8) is 0 Å². The summed E-state index contributed by atoms with van der Waals surface area (Å²) >= 11 is 0. The second-order valence-electron chi connectivity index (χ2n) is 6.02. The number of nitrogen functional groups attached to an aromatic ring is 1. The summed E-state index contributed by atoms with van der Waals surface area (Å²) in [5.74, 6) is 0.00171. The molecular weight excluding hydrogens is 302 g/mol. The molecule has 24 heavy (non-hydrogen) atoms. The van der Waals surface area contributed by atoms with Gasteiger partial charge < -0.3 is 16.4 Å². The molecule has 1 aliphatic rings. The lowest BCUT2D eigenvalue weighted by atomic mass is 10.1. The number of aryl methyl sites for hydroxylation is 2. The number of amides is 2. The monoisotopic (exact) mass is 323 g/mol. The Bertz CT molecular complexity index is 771. The molecule has 0 saturated heterocycles. The van der Waals surface area contributed by atoms with E-state index in [0.717, 1.165) is 35.3 Å². The maximum absolute atomic E-state index is 12.2. The zero-order valence-electron chi connectivity index (χ0n) is 13.5. The van der Waals surface area contributed by atoms with Crippen LogP contribution in [0.2, 0.25) is 0 Å². The van der Waals surface area contributed by atoms with Gasteiger partial charge in [-0.15, -0.1) is 0 Å². The third-order valence-electron chi connectivity index (χ3n) is 4.19. The van der Waals surface area contributed by atoms with Crippen LogP contribution in [0.5, 0.6) is 0 Å². The lowest BCUT2D eigenvalue weighted by Gasteiger charge is -2.11. The van der Waals surface area contributed by atoms with E-state index in [1.807, 2.05) is 42.5 Å². The highest BCUT2D eigenvalue weighted by atomic mass is 16.2. The predicted octanol–water partition coefficient (Wildman–Crippen LogP) is 3.11. The number of nitrogens with two attached hydrogens (primary N) is 1. The standard InChI is InChI=1S/C19H21N3O2/c20-16-6-2-1-4-13(16)8-11-19(24)21-15-9-10-17-14(12-15)5-3-7-18(23)22-17/h1-2,4,6,9-10,12H,3,5,7-8,11,20H2,(H,21,24)(H,22,23). The van der Waals surface area contributed by atoms with Crippen molar-refractivity contribution in [1.29, 1.82) is 0 Å². The molecule has 0 radical (unpaired) electrons. The number of fused-ring (bicyclic) bond motifs is 1. The number of carbonyl (C=O) groups is 2. The minimum atomic E-state index is -0.0455. The number of benzene rings is 2. The number of nitrogens with one attached hydrogen (secondary N) is 2. The molecule has 3 rings (SSSR count). The van der Waals surface area contributed by atoms with Crippen molar-refractivity contribution in [2.24, 2.45) is 0 Å². The van der Waals surface area contributed by atoms with Gasteiger partial charge in [-0.05, 0) is 54.7 Å². The first-order chi connectivity index (χ1) is 11.6. The molecule has 0 aromatic heterocycles. The van der Waals surface area contributed by atoms with Crippen LogP contribution in [0.3, 0.4) is 0 Å². The van der Waals surface area contributed by atoms with E-state index in [1.54, 1.807) is 0 Å². The van der Waals surface area contributed by atoms with Gasteiger partial charge >= 0.3 is 0 Å². The van der Waals surface area contributed by atoms with E-state index < -0.39 is 0 Å². The zero-order valence-corrected chi connectivity index (χ0v) is 13.5. The Hall–Kier alpha value is -2.82. The number of rotatable bonds is 4. The summed E-state index contributed by atoms with van der Waals surface area (Å²) in [6.07, 6.45) is 3.18. The Labute approximate surface area is 141 Å². The van der Waals surface area contributed by atoms with E-state index in [-0.39, 0.29) is 11.8 Å². The highest BCUT2D eigenvalue weighted by molar-refractivity contribution is 5.94. The van der Waals surface area contributed by atoms with Crippen LogP contribution < -0.4 is 16.4 Å². The van der Waals surface area contributed by atoms with Gasteiger partial charge in [-0.25, -0.2) is 0 Å². The first-order valence-corrected chi connectivity index (χ1v) is 8.18. The van der Waals surface area contributed by atoms with E-state index in [4.69, 9.17) is 5.73 Å². The summed E-state index contributed by atoms with van der Waals surface area (Å²) in [6, 6.07) is 13.2. The molecule has 0 atom stereocenters. The van der Waals surface area contributed by atoms with Crippen molar-refractivity contribution < 1.29 is 9.59 Å². The van der Waals surface area contributed by atoms with Crippen molar-refractivity contribution in [3.05, 3.63) is 53.6 Å². The van der Waals surface area contributed by atoms with Crippen LogP contribution in [0.1, 0.15) is 30.4 Å². The molecule has 0 saturated carbocycles. The second kappa shape index (κ2) is 7.17. The summed E-state index contributed by atoms with van der Waals surface area (Å²) in [7, 11) is 0. The summed E-state index contributed by atoms with van der Waals surface area (Å²) in [5, 5.41) is 5.81. The van der Waals surface area contributed by atoms with E-state index in [9.17, 15) is 9.59 Å². The molecule has 5 nitrogen and oxygen atoms in total. The fourth-order valence-corrected chi connectivity index (χ4v) is 2.89. The SMILES string of the molecule is Nc1ccccc1CCC(=O)Nc1ccc2c(c1)CCCC(=O)N2. The number of carbonyl (C=O) groups excluding carboxylic acids is 2. The molecule has 0 fully saturated rings. The van der Waals surface area contributed by atoms with Crippen molar-refractivity contribution >= 4 is 28.9 Å². The average Bonchev–Trinajstić information content (AvgIpc) is 2.74. The predicted molar refractivity (Wildman–Crippen MR) is 95.8 cm³/mol. The van der Waals surface area contributed by atoms with Crippen LogP contribution in [0, 0.1) is 0 Å². The lowest BCUT2D eigenvalue weighted by Crippen LogP contribution is -2.13. The van der Waals surface area contributed by atoms with Crippen molar-refractivity contribution in [2.45, 2.75) is 32.1 Å². The molecule has 5 heteroatoms. The number of hydrogen-bond donors (Lipinski definition) is 3. The molecule has 2 amide bonds. The van der Waals surface area contributed by atoms with Crippen LogP contribution in [0.4, 0.5) is 17.1 Å². The highest BCUT2D eigenvalue weighted by Crippen LogP contribution is 2.25. The minimum absolute atomic E-state index is 0.0455. The van der Waals surface area contributed by atoms with Gasteiger partial charge in [0.15, 0.2) is 0 Å². The van der Waals surface area contributed by atoms with Crippen molar-refractivity contribution in [2.75, 3.05) is 16.4 Å². The highest BCUT2D eigenvalue weighted by Gasteiger charge is 2.13. The van der Waals surface area contributed by atoms with Gasteiger partial charge in [-0.2, -0.15) is 0 Å². The quantitative estimate of drug-likeness (QED) is 0.756. The van der Waals surface area contributed by atoms with Crippen LogP contribution in [-0.4, -0.2) is 11.8 Å². The third-order valence-corrected chi connectivity index (χ3v) is 4.19. The topological polar surface area (TPSA) is 84.2 Å². The van der Waals surface area contributed by atoms with Gasteiger partial charge in [0.2, 0.25) is 11.8 Å². The number of hydrogen-bond acceptors (Lipinski definition) is 3. The Balaban J connectivity index is 1.61. The summed E-state index contributed by atoms with van der Waals surface area (Å²) in [4.78, 5) is 23.7. The molecule has 1 heterocycles. The summed E-state index contributed by atoms with van der Waals surface area (Å²) < 4.78 is 0. The first kappa shape index (κ1) is 16.1. The van der Waals surface area contributed by atoms with Crippen LogP contribution in [-0.2, 0) is 22.4 Å². The van der Waals surface area contributed by atoms with E-state index >= 15 is 0 Å². The second-order valence-corrected chi connectivity index (χ2v) is 6.02. The lowest BCUT2D eigenvalue weighted by molar-refractivity contribution is -0.117. The number of anilines is 3. The smallest absolute Gasteiger partial charge is 0.224 e. The van der Waals surface area contributed by atoms with Gasteiger partial charge in [0, 0.05) is 29.9 Å².